The van der Waals surface area contributed by atoms with Crippen molar-refractivity contribution >= 4 is 11.0 Å². The summed E-state index contributed by atoms with van der Waals surface area (Å²) in [6, 6.07) is 8.24. The number of imidazole rings is 1. The molecule has 0 radical (unpaired) electrons. The lowest BCUT2D eigenvalue weighted by molar-refractivity contribution is -0.00774. The highest BCUT2D eigenvalue weighted by Gasteiger charge is 2.26. The van der Waals surface area contributed by atoms with Gasteiger partial charge in [-0.3, -0.25) is 4.90 Å². The lowest BCUT2D eigenvalue weighted by Crippen LogP contribution is -2.39. The lowest BCUT2D eigenvalue weighted by Gasteiger charge is -2.32. The molecule has 4 rings (SSSR count). The number of rotatable bonds is 5. The van der Waals surface area contributed by atoms with Crippen LogP contribution in [-0.2, 0) is 11.3 Å². The van der Waals surface area contributed by atoms with Crippen molar-refractivity contribution in [2.45, 2.75) is 38.3 Å². The second-order valence-corrected chi connectivity index (χ2v) is 6.48. The van der Waals surface area contributed by atoms with Gasteiger partial charge in [-0.15, -0.1) is 0 Å². The van der Waals surface area contributed by atoms with Gasteiger partial charge in [-0.1, -0.05) is 12.1 Å². The van der Waals surface area contributed by atoms with Gasteiger partial charge in [-0.25, -0.2) is 4.98 Å². The van der Waals surface area contributed by atoms with Crippen LogP contribution in [0.25, 0.3) is 11.0 Å². The number of para-hydroxylation sites is 2. The molecule has 1 saturated carbocycles. The summed E-state index contributed by atoms with van der Waals surface area (Å²) in [6.45, 7) is 4.07. The Balaban J connectivity index is 1.36. The first-order chi connectivity index (χ1) is 10.4. The number of ether oxygens (including phenoxy) is 1. The summed E-state index contributed by atoms with van der Waals surface area (Å²) < 4.78 is 6.06. The van der Waals surface area contributed by atoms with E-state index in [-0.39, 0.29) is 0 Å². The Labute approximate surface area is 125 Å². The van der Waals surface area contributed by atoms with Gasteiger partial charge >= 0.3 is 0 Å². The maximum atomic E-state index is 6.06. The molecule has 4 nitrogen and oxygen atoms in total. The SMILES string of the molecule is c1ccc2[nH]c(CN3CCCC(OCC4CC4)C3)nc2c1. The number of hydrogen-bond acceptors (Lipinski definition) is 3. The molecule has 112 valence electrons. The molecule has 1 aromatic carbocycles. The van der Waals surface area contributed by atoms with Crippen molar-refractivity contribution in [3.8, 4) is 0 Å². The van der Waals surface area contributed by atoms with E-state index in [1.54, 1.807) is 0 Å². The number of aromatic nitrogens is 2. The zero-order valence-corrected chi connectivity index (χ0v) is 12.4. The van der Waals surface area contributed by atoms with Crippen LogP contribution in [0.15, 0.2) is 24.3 Å². The fraction of sp³-hybridized carbons (Fsp3) is 0.588. The van der Waals surface area contributed by atoms with E-state index < -0.39 is 0 Å². The van der Waals surface area contributed by atoms with E-state index >= 15 is 0 Å². The Bertz CT molecular complexity index is 572. The van der Waals surface area contributed by atoms with Crippen LogP contribution in [0.2, 0.25) is 0 Å². The molecule has 0 amide bonds. The minimum Gasteiger partial charge on any atom is -0.377 e. The largest absolute Gasteiger partial charge is 0.377 e. The van der Waals surface area contributed by atoms with E-state index in [4.69, 9.17) is 4.74 Å². The Morgan fingerprint density at radius 1 is 1.24 bits per heavy atom. The molecule has 0 spiro atoms. The summed E-state index contributed by atoms with van der Waals surface area (Å²) >= 11 is 0. The van der Waals surface area contributed by atoms with Crippen LogP contribution in [0.5, 0.6) is 0 Å². The second-order valence-electron chi connectivity index (χ2n) is 6.48. The monoisotopic (exact) mass is 285 g/mol. The Morgan fingerprint density at radius 3 is 3.00 bits per heavy atom. The van der Waals surface area contributed by atoms with Crippen molar-refractivity contribution in [3.05, 3.63) is 30.1 Å². The van der Waals surface area contributed by atoms with Gasteiger partial charge in [-0.05, 0) is 50.3 Å². The van der Waals surface area contributed by atoms with E-state index in [9.17, 15) is 0 Å². The van der Waals surface area contributed by atoms with Gasteiger partial charge in [0.1, 0.15) is 5.82 Å². The average Bonchev–Trinajstić information content (AvgIpc) is 3.24. The van der Waals surface area contributed by atoms with Gasteiger partial charge in [0.25, 0.3) is 0 Å². The molecule has 1 aromatic heterocycles. The predicted octanol–water partition coefficient (Wildman–Crippen LogP) is 2.95. The number of nitrogens with one attached hydrogen (secondary N) is 1. The first-order valence-electron chi connectivity index (χ1n) is 8.14. The maximum Gasteiger partial charge on any atom is 0.121 e. The minimum atomic E-state index is 0.420. The fourth-order valence-corrected chi connectivity index (χ4v) is 3.14. The topological polar surface area (TPSA) is 41.2 Å². The third-order valence-corrected chi connectivity index (χ3v) is 4.54. The van der Waals surface area contributed by atoms with Crippen LogP contribution in [-0.4, -0.2) is 40.7 Å². The van der Waals surface area contributed by atoms with Crippen LogP contribution < -0.4 is 0 Å². The molecule has 0 bridgehead atoms. The van der Waals surface area contributed by atoms with E-state index in [1.807, 2.05) is 12.1 Å². The predicted molar refractivity (Wildman–Crippen MR) is 83.1 cm³/mol. The summed E-state index contributed by atoms with van der Waals surface area (Å²) in [6.07, 6.45) is 5.60. The number of likely N-dealkylation sites (tertiary alicyclic amines) is 1. The maximum absolute atomic E-state index is 6.06. The zero-order valence-electron chi connectivity index (χ0n) is 12.4. The summed E-state index contributed by atoms with van der Waals surface area (Å²) in [7, 11) is 0. The van der Waals surface area contributed by atoms with E-state index in [1.165, 1.54) is 25.7 Å². The van der Waals surface area contributed by atoms with Crippen LogP contribution in [0.3, 0.4) is 0 Å². The molecule has 2 aromatic rings. The summed E-state index contributed by atoms with van der Waals surface area (Å²) in [5.74, 6) is 1.93. The first kappa shape index (κ1) is 13.3. The Morgan fingerprint density at radius 2 is 2.14 bits per heavy atom. The molecule has 2 aliphatic rings. The van der Waals surface area contributed by atoms with Crippen LogP contribution in [0.4, 0.5) is 0 Å². The highest BCUT2D eigenvalue weighted by molar-refractivity contribution is 5.74. The van der Waals surface area contributed by atoms with Gasteiger partial charge in [0.15, 0.2) is 0 Å². The summed E-state index contributed by atoms with van der Waals surface area (Å²) in [5.41, 5.74) is 2.19. The second kappa shape index (κ2) is 5.78. The van der Waals surface area contributed by atoms with Crippen molar-refractivity contribution in [1.29, 1.82) is 0 Å². The van der Waals surface area contributed by atoms with Gasteiger partial charge in [0, 0.05) is 13.2 Å². The van der Waals surface area contributed by atoms with Crippen LogP contribution >= 0.6 is 0 Å². The molecular formula is C17H23N3O. The average molecular weight is 285 g/mol. The number of aromatic amines is 1. The normalized spacial score (nSPS) is 23.7. The van der Waals surface area contributed by atoms with Crippen molar-refractivity contribution in [2.75, 3.05) is 19.7 Å². The third kappa shape index (κ3) is 3.27. The van der Waals surface area contributed by atoms with Crippen molar-refractivity contribution < 1.29 is 4.74 Å². The van der Waals surface area contributed by atoms with Crippen molar-refractivity contribution in [3.63, 3.8) is 0 Å². The standard InChI is InChI=1S/C17H23N3O/c1-2-6-16-15(5-1)18-17(19-16)11-20-9-3-4-14(10-20)21-12-13-7-8-13/h1-2,5-6,13-14H,3-4,7-12H2,(H,18,19). The van der Waals surface area contributed by atoms with E-state index in [0.717, 1.165) is 49.0 Å². The number of nitrogens with zero attached hydrogens (tertiary/aromatic N) is 2. The van der Waals surface area contributed by atoms with E-state index in [2.05, 4.69) is 27.0 Å². The van der Waals surface area contributed by atoms with Gasteiger partial charge in [-0.2, -0.15) is 0 Å². The van der Waals surface area contributed by atoms with E-state index in [0.29, 0.717) is 6.10 Å². The lowest BCUT2D eigenvalue weighted by atomic mass is 10.1. The molecule has 1 unspecified atom stereocenters. The minimum absolute atomic E-state index is 0.420. The summed E-state index contributed by atoms with van der Waals surface area (Å²) in [4.78, 5) is 10.6. The molecule has 1 saturated heterocycles. The number of hydrogen-bond donors (Lipinski definition) is 1. The molecule has 2 fully saturated rings. The van der Waals surface area contributed by atoms with Gasteiger partial charge < -0.3 is 9.72 Å². The molecule has 4 heteroatoms. The molecule has 2 heterocycles. The Hall–Kier alpha value is -1.39. The van der Waals surface area contributed by atoms with Crippen molar-refractivity contribution in [1.82, 2.24) is 14.9 Å². The molecule has 1 aliphatic carbocycles. The van der Waals surface area contributed by atoms with Crippen LogP contribution in [0, 0.1) is 5.92 Å². The quantitative estimate of drug-likeness (QED) is 0.918. The van der Waals surface area contributed by atoms with Crippen molar-refractivity contribution in [2.24, 2.45) is 5.92 Å². The Kier molecular flexibility index (Phi) is 3.65. The summed E-state index contributed by atoms with van der Waals surface area (Å²) in [5, 5.41) is 0. The smallest absolute Gasteiger partial charge is 0.121 e. The molecule has 1 atom stereocenters. The number of piperidine rings is 1. The molecule has 1 aliphatic heterocycles. The highest BCUT2D eigenvalue weighted by atomic mass is 16.5. The van der Waals surface area contributed by atoms with Crippen LogP contribution in [0.1, 0.15) is 31.5 Å². The fourth-order valence-electron chi connectivity index (χ4n) is 3.14. The molecule has 21 heavy (non-hydrogen) atoms. The number of H-pyrrole nitrogens is 1. The first-order valence-corrected chi connectivity index (χ1v) is 8.14. The van der Waals surface area contributed by atoms with Gasteiger partial charge in [0.05, 0.1) is 23.7 Å². The zero-order chi connectivity index (χ0) is 14.1. The number of benzene rings is 1. The highest BCUT2D eigenvalue weighted by Crippen LogP contribution is 2.30. The molecule has 1 N–H and O–H groups in total. The molecular weight excluding hydrogens is 262 g/mol. The third-order valence-electron chi connectivity index (χ3n) is 4.54. The number of fused-ring (bicyclic) bond motifs is 1. The van der Waals surface area contributed by atoms with Gasteiger partial charge in [0.2, 0.25) is 0 Å².